The minimum Gasteiger partial charge on any atom is -0.506 e. The van der Waals surface area contributed by atoms with Crippen LogP contribution in [0.4, 0.5) is 0 Å². The summed E-state index contributed by atoms with van der Waals surface area (Å²) in [6, 6.07) is 4.59. The Bertz CT molecular complexity index is 586. The van der Waals surface area contributed by atoms with Crippen LogP contribution in [0.2, 0.25) is 0 Å². The Morgan fingerprint density at radius 2 is 2.07 bits per heavy atom. The Hall–Kier alpha value is -1.53. The second kappa shape index (κ2) is 2.73. The highest BCUT2D eigenvalue weighted by Crippen LogP contribution is 2.27. The molecule has 0 saturated heterocycles. The van der Waals surface area contributed by atoms with E-state index in [4.69, 9.17) is 5.14 Å². The van der Waals surface area contributed by atoms with Crippen molar-refractivity contribution >= 4 is 20.9 Å². The molecule has 0 saturated carbocycles. The molecule has 1 aromatic carbocycles. The molecular formula is C8H8N2O3S. The van der Waals surface area contributed by atoms with E-state index in [0.717, 1.165) is 0 Å². The summed E-state index contributed by atoms with van der Waals surface area (Å²) < 4.78 is 22.2. The fourth-order valence-electron chi connectivity index (χ4n) is 1.35. The lowest BCUT2D eigenvalue weighted by Gasteiger charge is -1.96. The van der Waals surface area contributed by atoms with Crippen LogP contribution >= 0.6 is 0 Å². The van der Waals surface area contributed by atoms with Crippen LogP contribution in [0.15, 0.2) is 29.3 Å². The van der Waals surface area contributed by atoms with Gasteiger partial charge in [-0.1, -0.05) is 12.1 Å². The van der Waals surface area contributed by atoms with Gasteiger partial charge in [0, 0.05) is 11.6 Å². The number of aromatic nitrogens is 1. The van der Waals surface area contributed by atoms with E-state index in [1.54, 1.807) is 12.1 Å². The van der Waals surface area contributed by atoms with Gasteiger partial charge in [-0.2, -0.15) is 0 Å². The van der Waals surface area contributed by atoms with Gasteiger partial charge in [0.1, 0.15) is 10.6 Å². The zero-order valence-electron chi connectivity index (χ0n) is 7.06. The Morgan fingerprint density at radius 1 is 1.36 bits per heavy atom. The smallest absolute Gasteiger partial charge is 0.240 e. The summed E-state index contributed by atoms with van der Waals surface area (Å²) in [6.45, 7) is 0. The van der Waals surface area contributed by atoms with Crippen LogP contribution in [-0.4, -0.2) is 18.5 Å². The number of aromatic hydroxyl groups is 1. The number of phenolic OH excluding ortho intramolecular Hbond substituents is 1. The molecule has 0 atom stereocenters. The predicted molar refractivity (Wildman–Crippen MR) is 51.3 cm³/mol. The molecule has 5 nitrogen and oxygen atoms in total. The number of para-hydroxylation sites is 1. The van der Waals surface area contributed by atoms with Crippen LogP contribution < -0.4 is 5.14 Å². The fourth-order valence-corrected chi connectivity index (χ4v) is 2.05. The third-order valence-electron chi connectivity index (χ3n) is 1.96. The highest BCUT2D eigenvalue weighted by Gasteiger charge is 2.15. The molecule has 2 rings (SSSR count). The first-order valence-corrected chi connectivity index (χ1v) is 5.36. The van der Waals surface area contributed by atoms with Crippen LogP contribution in [0.25, 0.3) is 10.9 Å². The molecule has 1 heterocycles. The average Bonchev–Trinajstić information content (AvgIpc) is 2.47. The zero-order chi connectivity index (χ0) is 10.3. The number of rotatable bonds is 1. The van der Waals surface area contributed by atoms with Crippen molar-refractivity contribution in [1.82, 2.24) is 4.98 Å². The lowest BCUT2D eigenvalue weighted by atomic mass is 10.2. The summed E-state index contributed by atoms with van der Waals surface area (Å²) in [5.41, 5.74) is 0.372. The highest BCUT2D eigenvalue weighted by molar-refractivity contribution is 7.89. The van der Waals surface area contributed by atoms with Gasteiger partial charge in [-0.05, 0) is 6.07 Å². The number of primary sulfonamides is 1. The quantitative estimate of drug-likeness (QED) is 0.643. The number of hydrogen-bond acceptors (Lipinski definition) is 3. The van der Waals surface area contributed by atoms with Gasteiger partial charge >= 0.3 is 0 Å². The number of aromatic amines is 1. The normalized spacial score (nSPS) is 12.1. The van der Waals surface area contributed by atoms with Crippen molar-refractivity contribution < 1.29 is 13.5 Å². The van der Waals surface area contributed by atoms with Crippen LogP contribution in [0, 0.1) is 0 Å². The van der Waals surface area contributed by atoms with E-state index < -0.39 is 10.0 Å². The van der Waals surface area contributed by atoms with E-state index in [0.29, 0.717) is 10.9 Å². The zero-order valence-corrected chi connectivity index (χ0v) is 7.88. The fraction of sp³-hybridized carbons (Fsp3) is 0. The van der Waals surface area contributed by atoms with Crippen molar-refractivity contribution in [3.05, 3.63) is 24.4 Å². The van der Waals surface area contributed by atoms with E-state index in [1.807, 2.05) is 0 Å². The number of nitrogens with one attached hydrogen (secondary N) is 1. The molecule has 0 amide bonds. The molecule has 6 heteroatoms. The highest BCUT2D eigenvalue weighted by atomic mass is 32.2. The molecule has 0 fully saturated rings. The number of hydrogen-bond donors (Lipinski definition) is 3. The van der Waals surface area contributed by atoms with Gasteiger partial charge in [0.2, 0.25) is 10.0 Å². The third-order valence-corrected chi connectivity index (χ3v) is 2.91. The second-order valence-electron chi connectivity index (χ2n) is 2.90. The Morgan fingerprint density at radius 3 is 2.71 bits per heavy atom. The minimum absolute atomic E-state index is 0.00241. The van der Waals surface area contributed by atoms with E-state index >= 15 is 0 Å². The molecule has 4 N–H and O–H groups in total. The molecule has 2 aromatic rings. The van der Waals surface area contributed by atoms with Crippen molar-refractivity contribution in [2.24, 2.45) is 5.14 Å². The molecule has 14 heavy (non-hydrogen) atoms. The summed E-state index contributed by atoms with van der Waals surface area (Å²) in [5, 5.41) is 14.8. The van der Waals surface area contributed by atoms with Crippen LogP contribution in [-0.2, 0) is 10.0 Å². The Balaban J connectivity index is 2.90. The number of benzene rings is 1. The number of fused-ring (bicyclic) bond motifs is 1. The molecule has 0 unspecified atom stereocenters. The van der Waals surface area contributed by atoms with Crippen molar-refractivity contribution in [3.8, 4) is 5.75 Å². The first-order valence-electron chi connectivity index (χ1n) is 3.82. The van der Waals surface area contributed by atoms with Crippen LogP contribution in [0.1, 0.15) is 0 Å². The summed E-state index contributed by atoms with van der Waals surface area (Å²) in [4.78, 5) is 2.64. The van der Waals surface area contributed by atoms with E-state index in [1.165, 1.54) is 12.3 Å². The van der Waals surface area contributed by atoms with Crippen LogP contribution in [0.3, 0.4) is 0 Å². The standard InChI is InChI=1S/C8H8N2O3S/c9-14(12,13)7-4-10-8-5(7)2-1-3-6(8)11/h1-4,10-11H,(H2,9,12,13). The van der Waals surface area contributed by atoms with Crippen molar-refractivity contribution in [2.75, 3.05) is 0 Å². The molecule has 1 aromatic heterocycles. The number of sulfonamides is 1. The van der Waals surface area contributed by atoms with Gasteiger partial charge in [0.25, 0.3) is 0 Å². The maximum atomic E-state index is 11.1. The lowest BCUT2D eigenvalue weighted by molar-refractivity contribution is 0.480. The summed E-state index contributed by atoms with van der Waals surface area (Å²) in [6.07, 6.45) is 1.26. The number of H-pyrrole nitrogens is 1. The maximum Gasteiger partial charge on any atom is 0.240 e. The molecule has 0 spiro atoms. The maximum absolute atomic E-state index is 11.1. The summed E-state index contributed by atoms with van der Waals surface area (Å²) >= 11 is 0. The first-order chi connectivity index (χ1) is 6.50. The Kier molecular flexibility index (Phi) is 1.76. The number of phenols is 1. The van der Waals surface area contributed by atoms with Gasteiger partial charge in [-0.3, -0.25) is 0 Å². The lowest BCUT2D eigenvalue weighted by Crippen LogP contribution is -2.11. The number of nitrogens with two attached hydrogens (primary N) is 1. The molecule has 0 aliphatic heterocycles. The van der Waals surface area contributed by atoms with Crippen molar-refractivity contribution in [3.63, 3.8) is 0 Å². The molecule has 0 aliphatic rings. The van der Waals surface area contributed by atoms with Gasteiger partial charge in [-0.25, -0.2) is 13.6 Å². The molecule has 0 radical (unpaired) electrons. The van der Waals surface area contributed by atoms with Crippen LogP contribution in [0.5, 0.6) is 5.75 Å². The average molecular weight is 212 g/mol. The van der Waals surface area contributed by atoms with Gasteiger partial charge in [-0.15, -0.1) is 0 Å². The summed E-state index contributed by atoms with van der Waals surface area (Å²) in [7, 11) is -3.75. The Labute approximate surface area is 80.2 Å². The van der Waals surface area contributed by atoms with E-state index in [-0.39, 0.29) is 10.6 Å². The summed E-state index contributed by atoms with van der Waals surface area (Å²) in [5.74, 6) is -0.00241. The topological polar surface area (TPSA) is 96.2 Å². The van der Waals surface area contributed by atoms with E-state index in [2.05, 4.69) is 4.98 Å². The molecule has 74 valence electrons. The van der Waals surface area contributed by atoms with Crippen molar-refractivity contribution in [1.29, 1.82) is 0 Å². The van der Waals surface area contributed by atoms with Gasteiger partial charge < -0.3 is 10.1 Å². The first kappa shape index (κ1) is 9.04. The second-order valence-corrected chi connectivity index (χ2v) is 4.43. The monoisotopic (exact) mass is 212 g/mol. The predicted octanol–water partition coefficient (Wildman–Crippen LogP) is 0.521. The van der Waals surface area contributed by atoms with Crippen molar-refractivity contribution in [2.45, 2.75) is 4.90 Å². The molecule has 0 bridgehead atoms. The van der Waals surface area contributed by atoms with E-state index in [9.17, 15) is 13.5 Å². The third kappa shape index (κ3) is 1.24. The SMILES string of the molecule is NS(=O)(=O)c1c[nH]c2c(O)cccc12. The van der Waals surface area contributed by atoms with Gasteiger partial charge in [0.15, 0.2) is 0 Å². The molecule has 0 aliphatic carbocycles. The molecular weight excluding hydrogens is 204 g/mol. The largest absolute Gasteiger partial charge is 0.506 e. The van der Waals surface area contributed by atoms with Gasteiger partial charge in [0.05, 0.1) is 5.52 Å². The minimum atomic E-state index is -3.75.